The molecular weight excluding hydrogens is 277 g/mol. The molecule has 5 heteroatoms. The van der Waals surface area contributed by atoms with Crippen molar-refractivity contribution in [3.8, 4) is 0 Å². The average molecular weight is 296 g/mol. The Morgan fingerprint density at radius 1 is 1.40 bits per heavy atom. The van der Waals surface area contributed by atoms with Gasteiger partial charge in [0.05, 0.1) is 16.4 Å². The zero-order valence-corrected chi connectivity index (χ0v) is 12.7. The van der Waals surface area contributed by atoms with E-state index in [9.17, 15) is 4.39 Å². The fourth-order valence-electron chi connectivity index (χ4n) is 2.20. The van der Waals surface area contributed by atoms with Crippen molar-refractivity contribution in [2.45, 2.75) is 32.9 Å². The molecule has 1 aromatic heterocycles. The van der Waals surface area contributed by atoms with Crippen LogP contribution in [0.2, 0.25) is 5.02 Å². The summed E-state index contributed by atoms with van der Waals surface area (Å²) in [6.07, 6.45) is 0.801. The van der Waals surface area contributed by atoms with Gasteiger partial charge in [0.2, 0.25) is 0 Å². The van der Waals surface area contributed by atoms with Gasteiger partial charge in [-0.2, -0.15) is 5.10 Å². The summed E-state index contributed by atoms with van der Waals surface area (Å²) in [7, 11) is 1.87. The van der Waals surface area contributed by atoms with Crippen LogP contribution in [0.1, 0.15) is 36.8 Å². The van der Waals surface area contributed by atoms with E-state index in [4.69, 9.17) is 11.6 Å². The highest BCUT2D eigenvalue weighted by molar-refractivity contribution is 6.31. The number of nitrogens with zero attached hydrogens (tertiary/aromatic N) is 2. The Morgan fingerprint density at radius 3 is 2.70 bits per heavy atom. The summed E-state index contributed by atoms with van der Waals surface area (Å²) in [4.78, 5) is 0. The van der Waals surface area contributed by atoms with Gasteiger partial charge in [0.1, 0.15) is 5.82 Å². The fraction of sp³-hybridized carbons (Fsp3) is 0.400. The average Bonchev–Trinajstić information content (AvgIpc) is 2.71. The Hall–Kier alpha value is -1.39. The smallest absolute Gasteiger partial charge is 0.127 e. The lowest BCUT2D eigenvalue weighted by Gasteiger charge is -2.15. The SMILES string of the molecule is CCc1nn(C)c(CN[C@H](C)c2ccccc2F)c1Cl. The van der Waals surface area contributed by atoms with Crippen LogP contribution in [0, 0.1) is 5.82 Å². The summed E-state index contributed by atoms with van der Waals surface area (Å²) in [6, 6.07) is 6.70. The molecule has 1 N–H and O–H groups in total. The van der Waals surface area contributed by atoms with Crippen LogP contribution in [0.4, 0.5) is 4.39 Å². The number of halogens is 2. The molecule has 1 aromatic carbocycles. The molecular formula is C15H19ClFN3. The van der Waals surface area contributed by atoms with Gasteiger partial charge in [0.25, 0.3) is 0 Å². The second-order valence-electron chi connectivity index (χ2n) is 4.81. The Morgan fingerprint density at radius 2 is 2.10 bits per heavy atom. The molecule has 0 saturated carbocycles. The first-order chi connectivity index (χ1) is 9.54. The summed E-state index contributed by atoms with van der Waals surface area (Å²) in [5.74, 6) is -0.196. The molecule has 0 amide bonds. The lowest BCUT2D eigenvalue weighted by atomic mass is 10.1. The molecule has 0 aliphatic rings. The minimum atomic E-state index is -0.196. The molecule has 0 bridgehead atoms. The predicted molar refractivity (Wildman–Crippen MR) is 79.3 cm³/mol. The monoisotopic (exact) mass is 295 g/mol. The molecule has 2 rings (SSSR count). The van der Waals surface area contributed by atoms with Gasteiger partial charge in [-0.25, -0.2) is 4.39 Å². The first-order valence-electron chi connectivity index (χ1n) is 6.72. The van der Waals surface area contributed by atoms with E-state index in [1.54, 1.807) is 16.8 Å². The van der Waals surface area contributed by atoms with Crippen molar-refractivity contribution in [2.24, 2.45) is 7.05 Å². The molecule has 3 nitrogen and oxygen atoms in total. The molecule has 0 unspecified atom stereocenters. The van der Waals surface area contributed by atoms with Crippen LogP contribution < -0.4 is 5.32 Å². The van der Waals surface area contributed by atoms with E-state index in [0.717, 1.165) is 17.8 Å². The van der Waals surface area contributed by atoms with Crippen LogP contribution in [0.15, 0.2) is 24.3 Å². The normalized spacial score (nSPS) is 12.7. The number of benzene rings is 1. The number of aryl methyl sites for hydroxylation is 2. The lowest BCUT2D eigenvalue weighted by molar-refractivity contribution is 0.515. The lowest BCUT2D eigenvalue weighted by Crippen LogP contribution is -2.20. The Bertz CT molecular complexity index is 595. The van der Waals surface area contributed by atoms with Crippen molar-refractivity contribution in [2.75, 3.05) is 0 Å². The van der Waals surface area contributed by atoms with E-state index in [1.807, 2.05) is 27.0 Å². The maximum Gasteiger partial charge on any atom is 0.127 e. The van der Waals surface area contributed by atoms with Gasteiger partial charge in [-0.05, 0) is 19.4 Å². The zero-order chi connectivity index (χ0) is 14.7. The minimum Gasteiger partial charge on any atom is -0.304 e. The predicted octanol–water partition coefficient (Wildman–Crippen LogP) is 3.63. The van der Waals surface area contributed by atoms with E-state index in [0.29, 0.717) is 17.1 Å². The number of hydrogen-bond acceptors (Lipinski definition) is 2. The maximum absolute atomic E-state index is 13.7. The zero-order valence-electron chi connectivity index (χ0n) is 12.0. The molecule has 108 valence electrons. The van der Waals surface area contributed by atoms with Crippen molar-refractivity contribution >= 4 is 11.6 Å². The maximum atomic E-state index is 13.7. The van der Waals surface area contributed by atoms with Crippen LogP contribution in [0.3, 0.4) is 0 Å². The topological polar surface area (TPSA) is 29.9 Å². The van der Waals surface area contributed by atoms with Crippen molar-refractivity contribution < 1.29 is 4.39 Å². The van der Waals surface area contributed by atoms with Gasteiger partial charge in [0.15, 0.2) is 0 Å². The number of nitrogens with one attached hydrogen (secondary N) is 1. The molecule has 0 spiro atoms. The molecule has 0 aliphatic heterocycles. The van der Waals surface area contributed by atoms with Crippen LogP contribution in [-0.2, 0) is 20.0 Å². The highest BCUT2D eigenvalue weighted by Gasteiger charge is 2.15. The first kappa shape index (κ1) is 15.0. The van der Waals surface area contributed by atoms with Gasteiger partial charge in [-0.3, -0.25) is 4.68 Å². The van der Waals surface area contributed by atoms with Crippen molar-refractivity contribution in [1.29, 1.82) is 0 Å². The molecule has 0 radical (unpaired) electrons. The molecule has 1 atom stereocenters. The summed E-state index contributed by atoms with van der Waals surface area (Å²) >= 11 is 6.29. The van der Waals surface area contributed by atoms with Gasteiger partial charge in [0, 0.05) is 25.2 Å². The summed E-state index contributed by atoms with van der Waals surface area (Å²) < 4.78 is 15.5. The molecule has 2 aromatic rings. The van der Waals surface area contributed by atoms with Gasteiger partial charge < -0.3 is 5.32 Å². The van der Waals surface area contributed by atoms with E-state index in [1.165, 1.54) is 6.07 Å². The number of rotatable bonds is 5. The third-order valence-electron chi connectivity index (χ3n) is 3.45. The van der Waals surface area contributed by atoms with Crippen LogP contribution in [0.5, 0.6) is 0 Å². The molecule has 0 fully saturated rings. The summed E-state index contributed by atoms with van der Waals surface area (Å²) in [5.41, 5.74) is 2.47. The summed E-state index contributed by atoms with van der Waals surface area (Å²) in [6.45, 7) is 4.51. The van der Waals surface area contributed by atoms with E-state index in [-0.39, 0.29) is 11.9 Å². The molecule has 0 aliphatic carbocycles. The Labute approximate surface area is 123 Å². The van der Waals surface area contributed by atoms with Crippen LogP contribution >= 0.6 is 11.6 Å². The largest absolute Gasteiger partial charge is 0.304 e. The van der Waals surface area contributed by atoms with Gasteiger partial charge in [-0.15, -0.1) is 0 Å². The van der Waals surface area contributed by atoms with Crippen LogP contribution in [-0.4, -0.2) is 9.78 Å². The molecule has 1 heterocycles. The number of hydrogen-bond donors (Lipinski definition) is 1. The van der Waals surface area contributed by atoms with Crippen molar-refractivity contribution in [3.63, 3.8) is 0 Å². The van der Waals surface area contributed by atoms with Crippen molar-refractivity contribution in [1.82, 2.24) is 15.1 Å². The first-order valence-corrected chi connectivity index (χ1v) is 7.10. The standard InChI is InChI=1S/C15H19ClFN3/c1-4-13-15(16)14(20(3)19-13)9-18-10(2)11-7-5-6-8-12(11)17/h5-8,10,18H,4,9H2,1-3H3/t10-/m1/s1. The van der Waals surface area contributed by atoms with E-state index < -0.39 is 0 Å². The van der Waals surface area contributed by atoms with E-state index >= 15 is 0 Å². The van der Waals surface area contributed by atoms with Gasteiger partial charge in [-0.1, -0.05) is 36.7 Å². The Kier molecular flexibility index (Phi) is 4.78. The van der Waals surface area contributed by atoms with Crippen LogP contribution in [0.25, 0.3) is 0 Å². The highest BCUT2D eigenvalue weighted by atomic mass is 35.5. The third kappa shape index (κ3) is 3.02. The Balaban J connectivity index is 2.09. The van der Waals surface area contributed by atoms with Crippen molar-refractivity contribution in [3.05, 3.63) is 52.1 Å². The third-order valence-corrected chi connectivity index (χ3v) is 3.89. The number of aromatic nitrogens is 2. The fourth-order valence-corrected chi connectivity index (χ4v) is 2.56. The molecule has 0 saturated heterocycles. The van der Waals surface area contributed by atoms with E-state index in [2.05, 4.69) is 10.4 Å². The second kappa shape index (κ2) is 6.37. The quantitative estimate of drug-likeness (QED) is 0.913. The van der Waals surface area contributed by atoms with Gasteiger partial charge >= 0.3 is 0 Å². The second-order valence-corrected chi connectivity index (χ2v) is 5.19. The minimum absolute atomic E-state index is 0.0905. The molecule has 20 heavy (non-hydrogen) atoms. The highest BCUT2D eigenvalue weighted by Crippen LogP contribution is 2.22. The summed E-state index contributed by atoms with van der Waals surface area (Å²) in [5, 5.41) is 8.35.